The van der Waals surface area contributed by atoms with Gasteiger partial charge in [-0.15, -0.1) is 0 Å². The third-order valence-corrected chi connectivity index (χ3v) is 3.65. The molecule has 0 radical (unpaired) electrons. The summed E-state index contributed by atoms with van der Waals surface area (Å²) >= 11 is 0. The fourth-order valence-electron chi connectivity index (χ4n) is 2.25. The molecule has 2 aromatic rings. The number of amides is 1. The van der Waals surface area contributed by atoms with E-state index in [-0.39, 0.29) is 17.9 Å². The third kappa shape index (κ3) is 2.58. The molecule has 104 valence electrons. The highest BCUT2D eigenvalue weighted by molar-refractivity contribution is 5.80. The van der Waals surface area contributed by atoms with Crippen molar-refractivity contribution in [3.63, 3.8) is 0 Å². The molecule has 1 fully saturated rings. The zero-order valence-corrected chi connectivity index (χ0v) is 11.4. The van der Waals surface area contributed by atoms with Gasteiger partial charge >= 0.3 is 0 Å². The van der Waals surface area contributed by atoms with E-state index in [2.05, 4.69) is 21.8 Å². The molecule has 1 amide bonds. The van der Waals surface area contributed by atoms with Crippen molar-refractivity contribution in [3.8, 4) is 5.69 Å². The Labute approximate surface area is 118 Å². The lowest BCUT2D eigenvalue weighted by Gasteiger charge is -2.27. The first kappa shape index (κ1) is 12.9. The van der Waals surface area contributed by atoms with Crippen LogP contribution in [0.5, 0.6) is 0 Å². The number of aromatic nitrogens is 2. The molecule has 1 aromatic heterocycles. The summed E-state index contributed by atoms with van der Waals surface area (Å²) in [6.45, 7) is 3.57. The van der Waals surface area contributed by atoms with Crippen LogP contribution in [0.1, 0.15) is 18.5 Å². The summed E-state index contributed by atoms with van der Waals surface area (Å²) in [6, 6.07) is 9.95. The molecule has 0 aliphatic carbocycles. The smallest absolute Gasteiger partial charge is 0.226 e. The normalized spacial score (nSPS) is 16.4. The molecule has 0 spiro atoms. The minimum absolute atomic E-state index is 0.00128. The van der Waals surface area contributed by atoms with Gasteiger partial charge in [0.1, 0.15) is 0 Å². The largest absolute Gasteiger partial charge is 0.349 e. The van der Waals surface area contributed by atoms with Gasteiger partial charge < -0.3 is 10.6 Å². The second-order valence-electron chi connectivity index (χ2n) is 5.13. The van der Waals surface area contributed by atoms with Crippen molar-refractivity contribution in [1.29, 1.82) is 0 Å². The van der Waals surface area contributed by atoms with Gasteiger partial charge in [-0.2, -0.15) is 5.10 Å². The van der Waals surface area contributed by atoms with E-state index in [1.165, 1.54) is 0 Å². The Kier molecular flexibility index (Phi) is 3.52. The molecule has 5 nitrogen and oxygen atoms in total. The molecule has 1 aliphatic rings. The minimum atomic E-state index is -0.00128. The quantitative estimate of drug-likeness (QED) is 0.879. The van der Waals surface area contributed by atoms with Crippen molar-refractivity contribution in [3.05, 3.63) is 48.3 Å². The summed E-state index contributed by atoms with van der Waals surface area (Å²) in [5.74, 6) is 0.243. The predicted molar refractivity (Wildman–Crippen MR) is 76.5 cm³/mol. The van der Waals surface area contributed by atoms with Crippen molar-refractivity contribution in [2.24, 2.45) is 5.92 Å². The lowest BCUT2D eigenvalue weighted by atomic mass is 10.0. The maximum absolute atomic E-state index is 12.0. The Balaban J connectivity index is 1.72. The van der Waals surface area contributed by atoms with Crippen LogP contribution in [-0.4, -0.2) is 28.8 Å². The number of carbonyl (C=O) groups excluding carboxylic acids is 1. The highest BCUT2D eigenvalue weighted by Crippen LogP contribution is 2.17. The molecule has 2 heterocycles. The first-order chi connectivity index (χ1) is 9.74. The molecule has 1 unspecified atom stereocenters. The first-order valence-corrected chi connectivity index (χ1v) is 6.85. The molecule has 1 aromatic carbocycles. The van der Waals surface area contributed by atoms with Gasteiger partial charge in [0.15, 0.2) is 0 Å². The maximum Gasteiger partial charge on any atom is 0.226 e. The van der Waals surface area contributed by atoms with E-state index in [4.69, 9.17) is 0 Å². The maximum atomic E-state index is 12.0. The predicted octanol–water partition coefficient (Wildman–Crippen LogP) is 1.27. The number of rotatable bonds is 4. The topological polar surface area (TPSA) is 59.0 Å². The monoisotopic (exact) mass is 270 g/mol. The molecule has 5 heteroatoms. The second-order valence-corrected chi connectivity index (χ2v) is 5.13. The second kappa shape index (κ2) is 5.46. The average molecular weight is 270 g/mol. The van der Waals surface area contributed by atoms with E-state index in [1.54, 1.807) is 6.20 Å². The lowest BCUT2D eigenvalue weighted by molar-refractivity contribution is -0.127. The van der Waals surface area contributed by atoms with Gasteiger partial charge in [-0.3, -0.25) is 4.79 Å². The van der Waals surface area contributed by atoms with Gasteiger partial charge in [-0.1, -0.05) is 12.1 Å². The summed E-state index contributed by atoms with van der Waals surface area (Å²) in [5, 5.41) is 10.4. The summed E-state index contributed by atoms with van der Waals surface area (Å²) in [7, 11) is 0. The molecule has 1 aliphatic heterocycles. The standard InChI is InChI=1S/C15H18N4O/c1-11(18-15(20)13-9-16-10-13)12-4-2-5-14(8-12)19-7-3-6-17-19/h2-8,11,13,16H,9-10H2,1H3,(H,18,20). The van der Waals surface area contributed by atoms with Crippen molar-refractivity contribution in [1.82, 2.24) is 20.4 Å². The first-order valence-electron chi connectivity index (χ1n) is 6.85. The Morgan fingerprint density at radius 3 is 2.95 bits per heavy atom. The van der Waals surface area contributed by atoms with E-state index < -0.39 is 0 Å². The number of benzene rings is 1. The van der Waals surface area contributed by atoms with E-state index >= 15 is 0 Å². The number of hydrogen-bond acceptors (Lipinski definition) is 3. The molecular weight excluding hydrogens is 252 g/mol. The van der Waals surface area contributed by atoms with Crippen LogP contribution in [0.4, 0.5) is 0 Å². The van der Waals surface area contributed by atoms with Crippen molar-refractivity contribution in [2.75, 3.05) is 13.1 Å². The molecule has 0 bridgehead atoms. The lowest BCUT2D eigenvalue weighted by Crippen LogP contribution is -2.51. The number of hydrogen-bond donors (Lipinski definition) is 2. The van der Waals surface area contributed by atoms with Crippen molar-refractivity contribution >= 4 is 5.91 Å². The van der Waals surface area contributed by atoms with Gasteiger partial charge in [-0.05, 0) is 30.7 Å². The number of carbonyl (C=O) groups is 1. The Bertz CT molecular complexity index is 590. The molecular formula is C15H18N4O. The molecule has 3 rings (SSSR count). The van der Waals surface area contributed by atoms with Crippen LogP contribution in [0.3, 0.4) is 0 Å². The zero-order valence-electron chi connectivity index (χ0n) is 11.4. The SMILES string of the molecule is CC(NC(=O)C1CNC1)c1cccc(-n2cccn2)c1. The molecule has 1 atom stereocenters. The van der Waals surface area contributed by atoms with Crippen LogP contribution >= 0.6 is 0 Å². The Morgan fingerprint density at radius 1 is 1.45 bits per heavy atom. The van der Waals surface area contributed by atoms with Crippen LogP contribution in [0.15, 0.2) is 42.7 Å². The van der Waals surface area contributed by atoms with Crippen LogP contribution < -0.4 is 10.6 Å². The summed E-state index contributed by atoms with van der Waals surface area (Å²) in [5.41, 5.74) is 2.08. The summed E-state index contributed by atoms with van der Waals surface area (Å²) < 4.78 is 1.81. The highest BCUT2D eigenvalue weighted by atomic mass is 16.2. The average Bonchev–Trinajstić information content (AvgIpc) is 2.90. The van der Waals surface area contributed by atoms with E-state index in [0.29, 0.717) is 0 Å². The van der Waals surface area contributed by atoms with Gasteiger partial charge in [0.25, 0.3) is 0 Å². The van der Waals surface area contributed by atoms with Crippen molar-refractivity contribution < 1.29 is 4.79 Å². The van der Waals surface area contributed by atoms with Crippen LogP contribution in [-0.2, 0) is 4.79 Å². The minimum Gasteiger partial charge on any atom is -0.349 e. The van der Waals surface area contributed by atoms with E-state index in [0.717, 1.165) is 24.3 Å². The summed E-state index contributed by atoms with van der Waals surface area (Å²) in [6.07, 6.45) is 3.66. The third-order valence-electron chi connectivity index (χ3n) is 3.65. The Hall–Kier alpha value is -2.14. The highest BCUT2D eigenvalue weighted by Gasteiger charge is 2.25. The van der Waals surface area contributed by atoms with Crippen LogP contribution in [0.2, 0.25) is 0 Å². The van der Waals surface area contributed by atoms with Crippen molar-refractivity contribution in [2.45, 2.75) is 13.0 Å². The molecule has 0 saturated carbocycles. The fourth-order valence-corrected chi connectivity index (χ4v) is 2.25. The van der Waals surface area contributed by atoms with E-state index in [1.807, 2.05) is 42.1 Å². The van der Waals surface area contributed by atoms with Gasteiger partial charge in [0.05, 0.1) is 17.6 Å². The van der Waals surface area contributed by atoms with E-state index in [9.17, 15) is 4.79 Å². The molecule has 20 heavy (non-hydrogen) atoms. The van der Waals surface area contributed by atoms with Gasteiger partial charge in [0, 0.05) is 25.5 Å². The fraction of sp³-hybridized carbons (Fsp3) is 0.333. The summed E-state index contributed by atoms with van der Waals surface area (Å²) in [4.78, 5) is 12.0. The Morgan fingerprint density at radius 2 is 2.30 bits per heavy atom. The van der Waals surface area contributed by atoms with Crippen LogP contribution in [0, 0.1) is 5.92 Å². The van der Waals surface area contributed by atoms with Gasteiger partial charge in [-0.25, -0.2) is 4.68 Å². The zero-order chi connectivity index (χ0) is 13.9. The van der Waals surface area contributed by atoms with Gasteiger partial charge in [0.2, 0.25) is 5.91 Å². The number of nitrogens with one attached hydrogen (secondary N) is 2. The van der Waals surface area contributed by atoms with Crippen LogP contribution in [0.25, 0.3) is 5.69 Å². The molecule has 1 saturated heterocycles. The molecule has 2 N–H and O–H groups in total. The number of nitrogens with zero attached hydrogens (tertiary/aromatic N) is 2.